The van der Waals surface area contributed by atoms with Crippen LogP contribution in [0.4, 0.5) is 5.82 Å². The number of nitrogens with two attached hydrogens (primary N) is 1. The third-order valence-electron chi connectivity index (χ3n) is 3.03. The summed E-state index contributed by atoms with van der Waals surface area (Å²) in [4.78, 5) is 4.51. The summed E-state index contributed by atoms with van der Waals surface area (Å²) in [5.74, 6) is 1.49. The molecule has 2 aromatic rings. The predicted octanol–water partition coefficient (Wildman–Crippen LogP) is 1.13. The van der Waals surface area contributed by atoms with Gasteiger partial charge >= 0.3 is 0 Å². The molecule has 0 bridgehead atoms. The van der Waals surface area contributed by atoms with E-state index in [2.05, 4.69) is 15.4 Å². The molecule has 5 heteroatoms. The SMILES string of the molecule is Nc1cccc2nc(C3CCCCN3)nn12. The van der Waals surface area contributed by atoms with Crippen LogP contribution in [0.5, 0.6) is 0 Å². The van der Waals surface area contributed by atoms with Crippen LogP contribution in [0.25, 0.3) is 5.65 Å². The normalized spacial score (nSPS) is 21.4. The van der Waals surface area contributed by atoms with E-state index in [1.54, 1.807) is 4.52 Å². The molecular weight excluding hydrogens is 202 g/mol. The molecule has 1 atom stereocenters. The molecule has 16 heavy (non-hydrogen) atoms. The van der Waals surface area contributed by atoms with Crippen molar-refractivity contribution in [2.75, 3.05) is 12.3 Å². The Bertz CT molecular complexity index is 498. The Labute approximate surface area is 93.7 Å². The lowest BCUT2D eigenvalue weighted by molar-refractivity contribution is 0.397. The lowest BCUT2D eigenvalue weighted by Crippen LogP contribution is -2.27. The number of fused-ring (bicyclic) bond motifs is 1. The maximum atomic E-state index is 5.84. The van der Waals surface area contributed by atoms with Crippen LogP contribution in [0, 0.1) is 0 Å². The fourth-order valence-corrected chi connectivity index (χ4v) is 2.16. The molecular formula is C11H15N5. The van der Waals surface area contributed by atoms with Gasteiger partial charge in [0, 0.05) is 0 Å². The molecule has 0 saturated carbocycles. The number of nitrogen functional groups attached to an aromatic ring is 1. The maximum absolute atomic E-state index is 5.84. The standard InChI is InChI=1S/C11H15N5/c12-9-5-3-6-10-14-11(15-16(9)10)8-4-1-2-7-13-8/h3,5-6,8,13H,1-2,4,7,12H2. The highest BCUT2D eigenvalue weighted by Crippen LogP contribution is 2.21. The molecule has 0 aromatic carbocycles. The van der Waals surface area contributed by atoms with Gasteiger partial charge in [0.2, 0.25) is 0 Å². The van der Waals surface area contributed by atoms with E-state index in [0.717, 1.165) is 24.4 Å². The molecule has 1 aliphatic rings. The Balaban J connectivity index is 2.01. The van der Waals surface area contributed by atoms with Gasteiger partial charge in [-0.1, -0.05) is 12.5 Å². The zero-order valence-electron chi connectivity index (χ0n) is 9.06. The molecule has 0 spiro atoms. The molecule has 0 aliphatic carbocycles. The summed E-state index contributed by atoms with van der Waals surface area (Å²) in [5, 5.41) is 7.89. The second-order valence-corrected chi connectivity index (χ2v) is 4.19. The van der Waals surface area contributed by atoms with Gasteiger partial charge in [0.15, 0.2) is 11.5 Å². The van der Waals surface area contributed by atoms with Crippen LogP contribution in [-0.4, -0.2) is 21.1 Å². The van der Waals surface area contributed by atoms with Gasteiger partial charge in [-0.2, -0.15) is 4.52 Å². The van der Waals surface area contributed by atoms with E-state index in [1.807, 2.05) is 18.2 Å². The first-order valence-corrected chi connectivity index (χ1v) is 5.69. The highest BCUT2D eigenvalue weighted by atomic mass is 15.3. The Morgan fingerprint density at radius 3 is 3.06 bits per heavy atom. The minimum absolute atomic E-state index is 0.285. The molecule has 2 aromatic heterocycles. The van der Waals surface area contributed by atoms with Crippen molar-refractivity contribution >= 4 is 11.5 Å². The molecule has 0 amide bonds. The summed E-state index contributed by atoms with van der Waals surface area (Å²) in [6.45, 7) is 1.05. The van der Waals surface area contributed by atoms with Gasteiger partial charge in [-0.3, -0.25) is 0 Å². The largest absolute Gasteiger partial charge is 0.384 e. The average molecular weight is 217 g/mol. The first kappa shape index (κ1) is 9.59. The molecule has 0 radical (unpaired) electrons. The topological polar surface area (TPSA) is 68.2 Å². The van der Waals surface area contributed by atoms with Gasteiger partial charge in [0.25, 0.3) is 0 Å². The van der Waals surface area contributed by atoms with Crippen LogP contribution < -0.4 is 11.1 Å². The van der Waals surface area contributed by atoms with Crippen LogP contribution in [0.15, 0.2) is 18.2 Å². The van der Waals surface area contributed by atoms with Crippen molar-refractivity contribution in [3.05, 3.63) is 24.0 Å². The molecule has 3 N–H and O–H groups in total. The summed E-state index contributed by atoms with van der Waals surface area (Å²) in [5.41, 5.74) is 6.66. The summed E-state index contributed by atoms with van der Waals surface area (Å²) >= 11 is 0. The van der Waals surface area contributed by atoms with Crippen molar-refractivity contribution in [2.24, 2.45) is 0 Å². The number of pyridine rings is 1. The highest BCUT2D eigenvalue weighted by molar-refractivity contribution is 5.46. The van der Waals surface area contributed by atoms with Crippen LogP contribution >= 0.6 is 0 Å². The Morgan fingerprint density at radius 2 is 2.31 bits per heavy atom. The fourth-order valence-electron chi connectivity index (χ4n) is 2.16. The average Bonchev–Trinajstić information content (AvgIpc) is 2.76. The van der Waals surface area contributed by atoms with Crippen LogP contribution in [0.1, 0.15) is 31.1 Å². The van der Waals surface area contributed by atoms with Crippen molar-refractivity contribution < 1.29 is 0 Å². The number of nitrogens with zero attached hydrogens (tertiary/aromatic N) is 3. The molecule has 3 rings (SSSR count). The van der Waals surface area contributed by atoms with Crippen molar-refractivity contribution in [3.8, 4) is 0 Å². The second kappa shape index (κ2) is 3.75. The van der Waals surface area contributed by atoms with Crippen LogP contribution in [-0.2, 0) is 0 Å². The van der Waals surface area contributed by atoms with E-state index in [1.165, 1.54) is 12.8 Å². The molecule has 84 valence electrons. The number of hydrogen-bond acceptors (Lipinski definition) is 4. The van der Waals surface area contributed by atoms with Gasteiger partial charge < -0.3 is 11.1 Å². The fraction of sp³-hybridized carbons (Fsp3) is 0.455. The molecule has 1 fully saturated rings. The molecule has 5 nitrogen and oxygen atoms in total. The predicted molar refractivity (Wildman–Crippen MR) is 62.0 cm³/mol. The first-order chi connectivity index (χ1) is 7.84. The number of rotatable bonds is 1. The van der Waals surface area contributed by atoms with E-state index in [9.17, 15) is 0 Å². The van der Waals surface area contributed by atoms with Gasteiger partial charge in [0.05, 0.1) is 6.04 Å². The molecule has 1 aliphatic heterocycles. The zero-order valence-corrected chi connectivity index (χ0v) is 9.06. The van der Waals surface area contributed by atoms with Crippen molar-refractivity contribution in [3.63, 3.8) is 0 Å². The van der Waals surface area contributed by atoms with E-state index < -0.39 is 0 Å². The summed E-state index contributed by atoms with van der Waals surface area (Å²) < 4.78 is 1.70. The van der Waals surface area contributed by atoms with Crippen molar-refractivity contribution in [1.82, 2.24) is 19.9 Å². The second-order valence-electron chi connectivity index (χ2n) is 4.19. The minimum Gasteiger partial charge on any atom is -0.384 e. The van der Waals surface area contributed by atoms with Gasteiger partial charge in [-0.15, -0.1) is 5.10 Å². The smallest absolute Gasteiger partial charge is 0.168 e. The van der Waals surface area contributed by atoms with Crippen LogP contribution in [0.2, 0.25) is 0 Å². The minimum atomic E-state index is 0.285. The summed E-state index contributed by atoms with van der Waals surface area (Å²) in [6, 6.07) is 5.94. The number of aromatic nitrogens is 3. The molecule has 1 unspecified atom stereocenters. The molecule has 3 heterocycles. The number of nitrogens with one attached hydrogen (secondary N) is 1. The summed E-state index contributed by atoms with van der Waals surface area (Å²) in [7, 11) is 0. The lowest BCUT2D eigenvalue weighted by atomic mass is 10.0. The number of hydrogen-bond donors (Lipinski definition) is 2. The quantitative estimate of drug-likeness (QED) is 0.751. The lowest BCUT2D eigenvalue weighted by Gasteiger charge is -2.20. The maximum Gasteiger partial charge on any atom is 0.168 e. The van der Waals surface area contributed by atoms with E-state index in [4.69, 9.17) is 5.73 Å². The van der Waals surface area contributed by atoms with E-state index in [-0.39, 0.29) is 6.04 Å². The Hall–Kier alpha value is -1.62. The van der Waals surface area contributed by atoms with Crippen molar-refractivity contribution in [2.45, 2.75) is 25.3 Å². The van der Waals surface area contributed by atoms with Gasteiger partial charge in [-0.05, 0) is 31.5 Å². The first-order valence-electron chi connectivity index (χ1n) is 5.69. The highest BCUT2D eigenvalue weighted by Gasteiger charge is 2.19. The zero-order chi connectivity index (χ0) is 11.0. The monoisotopic (exact) mass is 217 g/mol. The molecule has 1 saturated heterocycles. The summed E-state index contributed by atoms with van der Waals surface area (Å²) in [6.07, 6.45) is 3.59. The number of anilines is 1. The number of piperidine rings is 1. The van der Waals surface area contributed by atoms with E-state index >= 15 is 0 Å². The van der Waals surface area contributed by atoms with Gasteiger partial charge in [-0.25, -0.2) is 4.98 Å². The van der Waals surface area contributed by atoms with Crippen molar-refractivity contribution in [1.29, 1.82) is 0 Å². The van der Waals surface area contributed by atoms with E-state index in [0.29, 0.717) is 5.82 Å². The third kappa shape index (κ3) is 1.53. The van der Waals surface area contributed by atoms with Crippen LogP contribution in [0.3, 0.4) is 0 Å². The third-order valence-corrected chi connectivity index (χ3v) is 3.03. The van der Waals surface area contributed by atoms with Gasteiger partial charge in [0.1, 0.15) is 5.82 Å². The Kier molecular flexibility index (Phi) is 2.25. The Morgan fingerprint density at radius 1 is 1.38 bits per heavy atom.